The van der Waals surface area contributed by atoms with E-state index < -0.39 is 12.1 Å². The Morgan fingerprint density at radius 2 is 2.00 bits per heavy atom. The summed E-state index contributed by atoms with van der Waals surface area (Å²) in [6.07, 6.45) is -0.796. The molecule has 0 saturated carbocycles. The van der Waals surface area contributed by atoms with Gasteiger partial charge in [-0.05, 0) is 37.3 Å². The van der Waals surface area contributed by atoms with Crippen LogP contribution < -0.4 is 14.8 Å². The van der Waals surface area contributed by atoms with Crippen molar-refractivity contribution in [1.82, 2.24) is 0 Å². The van der Waals surface area contributed by atoms with E-state index in [0.29, 0.717) is 22.7 Å². The fourth-order valence-corrected chi connectivity index (χ4v) is 2.55. The molecule has 0 aromatic heterocycles. The van der Waals surface area contributed by atoms with E-state index in [1.165, 1.54) is 12.1 Å². The lowest BCUT2D eigenvalue weighted by Gasteiger charge is -2.25. The first-order valence-electron chi connectivity index (χ1n) is 7.74. The maximum atomic E-state index is 12.4. The summed E-state index contributed by atoms with van der Waals surface area (Å²) < 4.78 is 16.1. The minimum atomic E-state index is -0.796. The zero-order chi connectivity index (χ0) is 17.8. The predicted octanol–water partition coefficient (Wildman–Crippen LogP) is 3.30. The van der Waals surface area contributed by atoms with Gasteiger partial charge in [-0.3, -0.25) is 4.79 Å². The van der Waals surface area contributed by atoms with Crippen LogP contribution in [-0.4, -0.2) is 31.2 Å². The van der Waals surface area contributed by atoms with Crippen LogP contribution in [0.1, 0.15) is 17.3 Å². The molecule has 130 valence electrons. The molecule has 1 atom stereocenters. The zero-order valence-electron chi connectivity index (χ0n) is 13.5. The fraction of sp³-hybridized carbons (Fsp3) is 0.222. The van der Waals surface area contributed by atoms with Crippen LogP contribution in [0, 0.1) is 0 Å². The second-order valence-corrected chi connectivity index (χ2v) is 5.68. The van der Waals surface area contributed by atoms with Gasteiger partial charge in [-0.2, -0.15) is 0 Å². The number of fused-ring (bicyclic) bond motifs is 1. The maximum absolute atomic E-state index is 12.4. The number of carbonyl (C=O) groups is 2. The molecule has 2 aromatic rings. The Bertz CT molecular complexity index is 808. The number of rotatable bonds is 4. The molecule has 1 aliphatic rings. The summed E-state index contributed by atoms with van der Waals surface area (Å²) in [5.74, 6) is 0.254. The molecule has 1 amide bonds. The van der Waals surface area contributed by atoms with Gasteiger partial charge in [0.25, 0.3) is 5.91 Å². The molecule has 3 rings (SSSR count). The molecule has 1 heterocycles. The lowest BCUT2D eigenvalue weighted by Crippen LogP contribution is -2.40. The van der Waals surface area contributed by atoms with E-state index in [1.807, 2.05) is 6.07 Å². The summed E-state index contributed by atoms with van der Waals surface area (Å²) >= 11 is 6.14. The van der Waals surface area contributed by atoms with E-state index >= 15 is 0 Å². The normalized spacial score (nSPS) is 15.4. The first kappa shape index (κ1) is 17.1. The molecular weight excluding hydrogens is 346 g/mol. The smallest absolute Gasteiger partial charge is 0.338 e. The molecule has 0 radical (unpaired) electrons. The quantitative estimate of drug-likeness (QED) is 0.846. The van der Waals surface area contributed by atoms with Crippen LogP contribution in [0.15, 0.2) is 42.5 Å². The Morgan fingerprint density at radius 3 is 2.72 bits per heavy atom. The highest BCUT2D eigenvalue weighted by atomic mass is 35.5. The minimum Gasteiger partial charge on any atom is -0.485 e. The Kier molecular flexibility index (Phi) is 5.09. The van der Waals surface area contributed by atoms with Crippen molar-refractivity contribution in [3.05, 3.63) is 53.1 Å². The van der Waals surface area contributed by atoms with Crippen molar-refractivity contribution in [3.8, 4) is 11.5 Å². The molecule has 1 unspecified atom stereocenters. The zero-order valence-corrected chi connectivity index (χ0v) is 14.2. The van der Waals surface area contributed by atoms with E-state index in [-0.39, 0.29) is 24.1 Å². The van der Waals surface area contributed by atoms with Gasteiger partial charge in [-0.15, -0.1) is 0 Å². The maximum Gasteiger partial charge on any atom is 0.338 e. The van der Waals surface area contributed by atoms with Crippen LogP contribution in [0.25, 0.3) is 0 Å². The standard InChI is InChI=1S/C18H16ClNO5/c1-2-23-18(22)11-7-8-13(12(19)9-11)20-17(21)16-10-24-14-5-3-4-6-15(14)25-16/h3-9,16H,2,10H2,1H3,(H,20,21). The van der Waals surface area contributed by atoms with Crippen LogP contribution in [0.4, 0.5) is 5.69 Å². The van der Waals surface area contributed by atoms with Crippen LogP contribution in [0.5, 0.6) is 11.5 Å². The van der Waals surface area contributed by atoms with E-state index in [4.69, 9.17) is 25.8 Å². The van der Waals surface area contributed by atoms with Crippen molar-refractivity contribution in [2.45, 2.75) is 13.0 Å². The summed E-state index contributed by atoms with van der Waals surface area (Å²) in [6, 6.07) is 11.7. The van der Waals surface area contributed by atoms with Crippen LogP contribution >= 0.6 is 11.6 Å². The number of hydrogen-bond acceptors (Lipinski definition) is 5. The predicted molar refractivity (Wildman–Crippen MR) is 92.4 cm³/mol. The third-order valence-corrected chi connectivity index (χ3v) is 3.85. The summed E-state index contributed by atoms with van der Waals surface area (Å²) in [6.45, 7) is 2.09. The number of nitrogens with one attached hydrogen (secondary N) is 1. The van der Waals surface area contributed by atoms with Gasteiger partial charge in [0.05, 0.1) is 22.9 Å². The summed E-state index contributed by atoms with van der Waals surface area (Å²) in [5.41, 5.74) is 0.693. The number of carbonyl (C=O) groups excluding carboxylic acids is 2. The molecule has 0 spiro atoms. The minimum absolute atomic E-state index is 0.0986. The van der Waals surface area contributed by atoms with Crippen LogP contribution in [-0.2, 0) is 9.53 Å². The molecule has 0 saturated heterocycles. The third-order valence-electron chi connectivity index (χ3n) is 3.54. The van der Waals surface area contributed by atoms with E-state index in [9.17, 15) is 9.59 Å². The molecule has 0 fully saturated rings. The van der Waals surface area contributed by atoms with Gasteiger partial charge in [0, 0.05) is 0 Å². The van der Waals surface area contributed by atoms with Crippen molar-refractivity contribution in [1.29, 1.82) is 0 Å². The Balaban J connectivity index is 1.68. The number of anilines is 1. The molecule has 25 heavy (non-hydrogen) atoms. The highest BCUT2D eigenvalue weighted by molar-refractivity contribution is 6.34. The molecule has 1 N–H and O–H groups in total. The topological polar surface area (TPSA) is 73.9 Å². The molecule has 1 aliphatic heterocycles. The van der Waals surface area contributed by atoms with Gasteiger partial charge >= 0.3 is 5.97 Å². The van der Waals surface area contributed by atoms with Crippen molar-refractivity contribution < 1.29 is 23.8 Å². The Labute approximate surface area is 149 Å². The van der Waals surface area contributed by atoms with Crippen LogP contribution in [0.2, 0.25) is 5.02 Å². The van der Waals surface area contributed by atoms with E-state index in [0.717, 1.165) is 0 Å². The van der Waals surface area contributed by atoms with Gasteiger partial charge in [-0.25, -0.2) is 4.79 Å². The molecule has 0 aliphatic carbocycles. The summed E-state index contributed by atoms with van der Waals surface area (Å²) in [7, 11) is 0. The fourth-order valence-electron chi connectivity index (χ4n) is 2.32. The largest absolute Gasteiger partial charge is 0.485 e. The number of halogens is 1. The SMILES string of the molecule is CCOC(=O)c1ccc(NC(=O)C2COc3ccccc3O2)c(Cl)c1. The third kappa shape index (κ3) is 3.85. The highest BCUT2D eigenvalue weighted by Crippen LogP contribution is 2.31. The summed E-state index contributed by atoms with van der Waals surface area (Å²) in [4.78, 5) is 24.1. The average Bonchev–Trinajstić information content (AvgIpc) is 2.63. The number of amides is 1. The first-order valence-corrected chi connectivity index (χ1v) is 8.12. The molecular formula is C18H16ClNO5. The van der Waals surface area contributed by atoms with Crippen molar-refractivity contribution in [2.75, 3.05) is 18.5 Å². The second kappa shape index (κ2) is 7.44. The van der Waals surface area contributed by atoms with Gasteiger partial charge in [0.2, 0.25) is 6.10 Å². The van der Waals surface area contributed by atoms with Crippen molar-refractivity contribution >= 4 is 29.2 Å². The first-order chi connectivity index (χ1) is 12.1. The second-order valence-electron chi connectivity index (χ2n) is 5.27. The number of esters is 1. The number of hydrogen-bond donors (Lipinski definition) is 1. The van der Waals surface area contributed by atoms with E-state index in [2.05, 4.69) is 5.32 Å². The molecule has 2 aromatic carbocycles. The lowest BCUT2D eigenvalue weighted by molar-refractivity contribution is -0.125. The monoisotopic (exact) mass is 361 g/mol. The number of benzene rings is 2. The Hall–Kier alpha value is -2.73. The Morgan fingerprint density at radius 1 is 1.24 bits per heavy atom. The molecule has 6 nitrogen and oxygen atoms in total. The number of ether oxygens (including phenoxy) is 3. The average molecular weight is 362 g/mol. The molecule has 0 bridgehead atoms. The lowest BCUT2D eigenvalue weighted by atomic mass is 10.2. The highest BCUT2D eigenvalue weighted by Gasteiger charge is 2.27. The van der Waals surface area contributed by atoms with Crippen molar-refractivity contribution in [2.24, 2.45) is 0 Å². The van der Waals surface area contributed by atoms with Crippen LogP contribution in [0.3, 0.4) is 0 Å². The van der Waals surface area contributed by atoms with Gasteiger partial charge < -0.3 is 19.5 Å². The number of para-hydroxylation sites is 2. The van der Waals surface area contributed by atoms with Crippen molar-refractivity contribution in [3.63, 3.8) is 0 Å². The van der Waals surface area contributed by atoms with Gasteiger partial charge in [0.1, 0.15) is 6.61 Å². The van der Waals surface area contributed by atoms with E-state index in [1.54, 1.807) is 31.2 Å². The van der Waals surface area contributed by atoms with Gasteiger partial charge in [-0.1, -0.05) is 23.7 Å². The van der Waals surface area contributed by atoms with Gasteiger partial charge in [0.15, 0.2) is 11.5 Å². The summed E-state index contributed by atoms with van der Waals surface area (Å²) in [5, 5.41) is 2.91. The molecule has 7 heteroatoms.